The van der Waals surface area contributed by atoms with E-state index in [1.807, 2.05) is 0 Å². The maximum absolute atomic E-state index is 11.8. The number of rotatable bonds is 8. The van der Waals surface area contributed by atoms with E-state index in [9.17, 15) is 13.2 Å². The Morgan fingerprint density at radius 1 is 1.32 bits per heavy atom. The van der Waals surface area contributed by atoms with Crippen LogP contribution >= 0.6 is 0 Å². The molecule has 0 atom stereocenters. The third kappa shape index (κ3) is 5.91. The molecule has 0 aromatic carbocycles. The smallest absolute Gasteiger partial charge is 0.221 e. The molecule has 1 amide bonds. The van der Waals surface area contributed by atoms with E-state index in [0.717, 1.165) is 38.5 Å². The number of carbonyl (C=O) groups excluding carboxylic acids is 1. The van der Waals surface area contributed by atoms with Crippen LogP contribution in [0.5, 0.6) is 0 Å². The van der Waals surface area contributed by atoms with Crippen LogP contribution in [0.25, 0.3) is 0 Å². The Bertz CT molecular complexity index is 375. The van der Waals surface area contributed by atoms with Gasteiger partial charge in [0.2, 0.25) is 15.9 Å². The Morgan fingerprint density at radius 3 is 2.47 bits per heavy atom. The van der Waals surface area contributed by atoms with Gasteiger partial charge in [-0.2, -0.15) is 4.31 Å². The van der Waals surface area contributed by atoms with Crippen LogP contribution in [0, 0.1) is 0 Å². The molecule has 112 valence electrons. The molecule has 0 aromatic heterocycles. The summed E-state index contributed by atoms with van der Waals surface area (Å²) < 4.78 is 25.1. The third-order valence-electron chi connectivity index (χ3n) is 3.57. The summed E-state index contributed by atoms with van der Waals surface area (Å²) in [7, 11) is -3.22. The molecule has 5 nitrogen and oxygen atoms in total. The molecular formula is C13H26N2O3S. The summed E-state index contributed by atoms with van der Waals surface area (Å²) in [5.74, 6) is -0.0555. The van der Waals surface area contributed by atoms with Gasteiger partial charge >= 0.3 is 0 Å². The second kappa shape index (κ2) is 7.85. The summed E-state index contributed by atoms with van der Waals surface area (Å²) in [6.45, 7) is 3.05. The van der Waals surface area contributed by atoms with E-state index in [1.54, 1.807) is 0 Å². The highest BCUT2D eigenvalue weighted by Gasteiger charge is 2.29. The second-order valence-electron chi connectivity index (χ2n) is 5.27. The van der Waals surface area contributed by atoms with Gasteiger partial charge in [0.25, 0.3) is 0 Å². The molecule has 0 aliphatic heterocycles. The van der Waals surface area contributed by atoms with Crippen LogP contribution in [0.4, 0.5) is 0 Å². The molecule has 1 aliphatic rings. The molecule has 0 radical (unpaired) electrons. The molecule has 0 aromatic rings. The quantitative estimate of drug-likeness (QED) is 0.689. The van der Waals surface area contributed by atoms with Gasteiger partial charge in [-0.15, -0.1) is 0 Å². The summed E-state index contributed by atoms with van der Waals surface area (Å²) >= 11 is 0. The van der Waals surface area contributed by atoms with Crippen molar-refractivity contribution in [3.63, 3.8) is 0 Å². The van der Waals surface area contributed by atoms with Crippen LogP contribution in [0.2, 0.25) is 0 Å². The van der Waals surface area contributed by atoms with Gasteiger partial charge in [-0.3, -0.25) is 4.79 Å². The first kappa shape index (κ1) is 16.4. The van der Waals surface area contributed by atoms with Crippen molar-refractivity contribution in [1.29, 1.82) is 0 Å². The molecule has 0 heterocycles. The molecule has 1 fully saturated rings. The zero-order valence-corrected chi connectivity index (χ0v) is 12.8. The van der Waals surface area contributed by atoms with Crippen LogP contribution < -0.4 is 5.32 Å². The summed E-state index contributed by atoms with van der Waals surface area (Å²) in [5, 5.41) is 2.82. The molecule has 1 aliphatic carbocycles. The van der Waals surface area contributed by atoms with E-state index in [0.29, 0.717) is 13.1 Å². The second-order valence-corrected chi connectivity index (χ2v) is 7.20. The lowest BCUT2D eigenvalue weighted by atomic mass is 10.2. The van der Waals surface area contributed by atoms with Gasteiger partial charge in [0.15, 0.2) is 0 Å². The minimum atomic E-state index is -3.22. The van der Waals surface area contributed by atoms with Crippen molar-refractivity contribution >= 4 is 15.9 Å². The lowest BCUT2D eigenvalue weighted by Gasteiger charge is -2.26. The highest BCUT2D eigenvalue weighted by molar-refractivity contribution is 7.88. The molecular weight excluding hydrogens is 264 g/mol. The minimum Gasteiger partial charge on any atom is -0.356 e. The van der Waals surface area contributed by atoms with Gasteiger partial charge in [0, 0.05) is 25.6 Å². The largest absolute Gasteiger partial charge is 0.356 e. The van der Waals surface area contributed by atoms with E-state index >= 15 is 0 Å². The third-order valence-corrected chi connectivity index (χ3v) is 4.90. The molecule has 0 saturated heterocycles. The zero-order valence-electron chi connectivity index (χ0n) is 12.0. The zero-order chi connectivity index (χ0) is 14.3. The summed E-state index contributed by atoms with van der Waals surface area (Å²) in [4.78, 5) is 11.6. The first-order valence-corrected chi connectivity index (χ1v) is 9.03. The van der Waals surface area contributed by atoms with E-state index in [-0.39, 0.29) is 18.4 Å². The SMILES string of the molecule is CCCCNC(=O)CCN(C1CCCC1)S(C)(=O)=O. The van der Waals surface area contributed by atoms with Crippen LogP contribution in [0.3, 0.4) is 0 Å². The van der Waals surface area contributed by atoms with Crippen LogP contribution in [-0.2, 0) is 14.8 Å². The number of hydrogen-bond donors (Lipinski definition) is 1. The number of nitrogens with one attached hydrogen (secondary N) is 1. The topological polar surface area (TPSA) is 66.5 Å². The predicted molar refractivity (Wildman–Crippen MR) is 76.3 cm³/mol. The molecule has 0 unspecified atom stereocenters. The molecule has 19 heavy (non-hydrogen) atoms. The minimum absolute atomic E-state index is 0.0555. The van der Waals surface area contributed by atoms with Gasteiger partial charge < -0.3 is 5.32 Å². The van der Waals surface area contributed by atoms with E-state index in [4.69, 9.17) is 0 Å². The Hall–Kier alpha value is -0.620. The molecule has 0 spiro atoms. The number of nitrogens with zero attached hydrogens (tertiary/aromatic N) is 1. The number of carbonyl (C=O) groups is 1. The van der Waals surface area contributed by atoms with Gasteiger partial charge in [-0.25, -0.2) is 8.42 Å². The average Bonchev–Trinajstić information content (AvgIpc) is 2.81. The fourth-order valence-electron chi connectivity index (χ4n) is 2.52. The Labute approximate surface area is 116 Å². The maximum Gasteiger partial charge on any atom is 0.221 e. The van der Waals surface area contributed by atoms with Crippen LogP contribution in [0.15, 0.2) is 0 Å². The van der Waals surface area contributed by atoms with Crippen molar-refractivity contribution in [2.24, 2.45) is 0 Å². The summed E-state index contributed by atoms with van der Waals surface area (Å²) in [6, 6.07) is 0.0958. The number of unbranched alkanes of at least 4 members (excludes halogenated alkanes) is 1. The van der Waals surface area contributed by atoms with Gasteiger partial charge in [0.1, 0.15) is 0 Å². The van der Waals surface area contributed by atoms with Crippen molar-refractivity contribution in [3.05, 3.63) is 0 Å². The molecule has 0 bridgehead atoms. The number of amides is 1. The van der Waals surface area contributed by atoms with Crippen molar-refractivity contribution in [3.8, 4) is 0 Å². The van der Waals surface area contributed by atoms with Crippen molar-refractivity contribution < 1.29 is 13.2 Å². The lowest BCUT2D eigenvalue weighted by Crippen LogP contribution is -2.40. The fourth-order valence-corrected chi connectivity index (χ4v) is 3.69. The number of sulfonamides is 1. The maximum atomic E-state index is 11.8. The van der Waals surface area contributed by atoms with E-state index in [1.165, 1.54) is 10.6 Å². The van der Waals surface area contributed by atoms with Crippen LogP contribution in [-0.4, -0.2) is 44.0 Å². The Kier molecular flexibility index (Phi) is 6.79. The Balaban J connectivity index is 2.43. The highest BCUT2D eigenvalue weighted by atomic mass is 32.2. The van der Waals surface area contributed by atoms with Gasteiger partial charge in [-0.05, 0) is 19.3 Å². The van der Waals surface area contributed by atoms with E-state index in [2.05, 4.69) is 12.2 Å². The monoisotopic (exact) mass is 290 g/mol. The fraction of sp³-hybridized carbons (Fsp3) is 0.923. The Morgan fingerprint density at radius 2 is 1.95 bits per heavy atom. The van der Waals surface area contributed by atoms with Crippen molar-refractivity contribution in [2.75, 3.05) is 19.3 Å². The number of hydrogen-bond acceptors (Lipinski definition) is 3. The normalized spacial score (nSPS) is 17.0. The summed E-state index contributed by atoms with van der Waals surface area (Å²) in [6.07, 6.45) is 7.50. The first-order chi connectivity index (χ1) is 8.95. The molecule has 1 saturated carbocycles. The molecule has 1 N–H and O–H groups in total. The average molecular weight is 290 g/mol. The summed E-state index contributed by atoms with van der Waals surface area (Å²) in [5.41, 5.74) is 0. The van der Waals surface area contributed by atoms with Crippen LogP contribution in [0.1, 0.15) is 51.9 Å². The predicted octanol–water partition coefficient (Wildman–Crippen LogP) is 1.50. The van der Waals surface area contributed by atoms with E-state index < -0.39 is 10.0 Å². The molecule has 6 heteroatoms. The van der Waals surface area contributed by atoms with Gasteiger partial charge in [0.05, 0.1) is 6.26 Å². The van der Waals surface area contributed by atoms with Crippen molar-refractivity contribution in [2.45, 2.75) is 57.9 Å². The first-order valence-electron chi connectivity index (χ1n) is 7.18. The lowest BCUT2D eigenvalue weighted by molar-refractivity contribution is -0.121. The van der Waals surface area contributed by atoms with Crippen molar-refractivity contribution in [1.82, 2.24) is 9.62 Å². The standard InChI is InChI=1S/C13H26N2O3S/c1-3-4-10-14-13(16)9-11-15(19(2,17)18)12-7-5-6-8-12/h12H,3-11H2,1-2H3,(H,14,16). The molecule has 1 rings (SSSR count). The highest BCUT2D eigenvalue weighted by Crippen LogP contribution is 2.25. The van der Waals surface area contributed by atoms with Gasteiger partial charge in [-0.1, -0.05) is 26.2 Å².